The molecule has 0 atom stereocenters. The van der Waals surface area contributed by atoms with Gasteiger partial charge >= 0.3 is 27.6 Å². The molecular formula is C23H15Br2F3N2O8S. The number of phenols is 1. The number of carbonyl (C=O) groups excluding carboxylic acids is 2. The van der Waals surface area contributed by atoms with E-state index < -0.39 is 38.9 Å². The lowest BCUT2D eigenvalue weighted by atomic mass is 10.1. The van der Waals surface area contributed by atoms with E-state index in [4.69, 9.17) is 0 Å². The lowest BCUT2D eigenvalue weighted by Crippen LogP contribution is -2.28. The number of pyridine rings is 2. The SMILES string of the molecule is COC(=O)c1cc(Br)c2cccnc2c1O.COC(=O)c1cc(Br)c2cccnc2c1OS(=O)(=O)C(F)(F)F. The number of halogens is 5. The Hall–Kier alpha value is -3.50. The zero-order chi connectivity index (χ0) is 29.1. The van der Waals surface area contributed by atoms with E-state index in [2.05, 4.69) is 55.5 Å². The van der Waals surface area contributed by atoms with Crippen LogP contribution < -0.4 is 4.18 Å². The van der Waals surface area contributed by atoms with E-state index in [0.717, 1.165) is 18.6 Å². The fourth-order valence-electron chi connectivity index (χ4n) is 3.13. The van der Waals surface area contributed by atoms with Gasteiger partial charge in [0.25, 0.3) is 0 Å². The first-order valence-electron chi connectivity index (χ1n) is 10.2. The van der Waals surface area contributed by atoms with Crippen LogP contribution in [-0.4, -0.2) is 55.2 Å². The molecule has 0 saturated carbocycles. The molecule has 2 aromatic carbocycles. The minimum atomic E-state index is -5.98. The van der Waals surface area contributed by atoms with Crippen molar-refractivity contribution in [1.82, 2.24) is 9.97 Å². The number of alkyl halides is 3. The maximum absolute atomic E-state index is 12.6. The van der Waals surface area contributed by atoms with Gasteiger partial charge in [0.1, 0.15) is 22.2 Å². The monoisotopic (exact) mass is 694 g/mol. The number of esters is 2. The standard InChI is InChI=1S/C12H7BrF3NO5S.C11H8BrNO3/c1-21-11(18)7-5-8(13)6-3-2-4-17-9(6)10(7)22-23(19,20)12(14,15)16;1-16-11(15)7-5-8(12)6-3-2-4-13-9(6)10(7)14/h2-5H,1H3;2-5,14H,1H3. The molecule has 206 valence electrons. The highest BCUT2D eigenvalue weighted by molar-refractivity contribution is 9.11. The van der Waals surface area contributed by atoms with Crippen LogP contribution in [0.2, 0.25) is 0 Å². The zero-order valence-corrected chi connectivity index (χ0v) is 23.6. The molecule has 2 heterocycles. The molecule has 0 fully saturated rings. The lowest BCUT2D eigenvalue weighted by Gasteiger charge is -2.14. The van der Waals surface area contributed by atoms with Crippen molar-refractivity contribution < 1.29 is 49.9 Å². The summed E-state index contributed by atoms with van der Waals surface area (Å²) in [5.41, 5.74) is -5.94. The molecule has 2 aromatic heterocycles. The Labute approximate surface area is 235 Å². The van der Waals surface area contributed by atoms with Gasteiger partial charge < -0.3 is 18.8 Å². The third-order valence-electron chi connectivity index (χ3n) is 4.90. The highest BCUT2D eigenvalue weighted by Gasteiger charge is 2.49. The van der Waals surface area contributed by atoms with Crippen LogP contribution in [0, 0.1) is 0 Å². The lowest BCUT2D eigenvalue weighted by molar-refractivity contribution is -0.0500. The molecule has 0 aliphatic carbocycles. The quantitative estimate of drug-likeness (QED) is 0.165. The number of carbonyl (C=O) groups is 2. The number of aromatic hydroxyl groups is 1. The molecule has 39 heavy (non-hydrogen) atoms. The molecule has 0 radical (unpaired) electrons. The van der Waals surface area contributed by atoms with Gasteiger partial charge in [-0.05, 0) is 24.3 Å². The summed E-state index contributed by atoms with van der Waals surface area (Å²) in [6.07, 6.45) is 2.76. The number of hydrogen-bond donors (Lipinski definition) is 1. The minimum Gasteiger partial charge on any atom is -0.505 e. The number of aromatic nitrogens is 2. The third kappa shape index (κ3) is 6.23. The fourth-order valence-corrected chi connectivity index (χ4v) is 4.71. The number of rotatable bonds is 4. The summed E-state index contributed by atoms with van der Waals surface area (Å²) in [7, 11) is -3.73. The maximum atomic E-state index is 12.6. The number of nitrogens with zero attached hydrogens (tertiary/aromatic N) is 2. The van der Waals surface area contributed by atoms with Crippen LogP contribution in [0.15, 0.2) is 57.7 Å². The molecule has 0 bridgehead atoms. The van der Waals surface area contributed by atoms with Gasteiger partial charge in [-0.2, -0.15) is 21.6 Å². The van der Waals surface area contributed by atoms with E-state index in [-0.39, 0.29) is 22.2 Å². The van der Waals surface area contributed by atoms with Crippen LogP contribution in [0.5, 0.6) is 11.5 Å². The fraction of sp³-hybridized carbons (Fsp3) is 0.130. The average molecular weight is 696 g/mol. The number of methoxy groups -OCH3 is 2. The highest BCUT2D eigenvalue weighted by Crippen LogP contribution is 2.37. The van der Waals surface area contributed by atoms with E-state index >= 15 is 0 Å². The van der Waals surface area contributed by atoms with Crippen molar-refractivity contribution in [1.29, 1.82) is 0 Å². The summed E-state index contributed by atoms with van der Waals surface area (Å²) in [5.74, 6) is -2.69. The second-order valence-electron chi connectivity index (χ2n) is 7.26. The summed E-state index contributed by atoms with van der Waals surface area (Å²) in [6.45, 7) is 0. The number of ether oxygens (including phenoxy) is 2. The zero-order valence-electron chi connectivity index (χ0n) is 19.6. The Bertz CT molecular complexity index is 1700. The van der Waals surface area contributed by atoms with Gasteiger partial charge in [0.2, 0.25) is 0 Å². The molecule has 1 N–H and O–H groups in total. The Morgan fingerprint density at radius 2 is 1.33 bits per heavy atom. The summed E-state index contributed by atoms with van der Waals surface area (Å²) in [5, 5.41) is 10.9. The molecule has 10 nitrogen and oxygen atoms in total. The number of fused-ring (bicyclic) bond motifs is 2. The summed E-state index contributed by atoms with van der Waals surface area (Å²) >= 11 is 6.44. The minimum absolute atomic E-state index is 0.0978. The molecule has 0 spiro atoms. The van der Waals surface area contributed by atoms with Gasteiger partial charge in [0.05, 0.1) is 14.2 Å². The maximum Gasteiger partial charge on any atom is 0.534 e. The van der Waals surface area contributed by atoms with Crippen LogP contribution in [-0.2, 0) is 19.6 Å². The first-order valence-corrected chi connectivity index (χ1v) is 13.2. The second-order valence-corrected chi connectivity index (χ2v) is 10.5. The predicted octanol–water partition coefficient (Wildman–Crippen LogP) is 5.50. The third-order valence-corrected chi connectivity index (χ3v) is 7.16. The summed E-state index contributed by atoms with van der Waals surface area (Å²) in [4.78, 5) is 31.0. The number of phenolic OH excluding ortho intramolecular Hbond substituents is 1. The Morgan fingerprint density at radius 1 is 0.872 bits per heavy atom. The molecule has 16 heteroatoms. The molecule has 0 aliphatic heterocycles. The number of benzene rings is 2. The summed E-state index contributed by atoms with van der Waals surface area (Å²) < 4.78 is 74.4. The van der Waals surface area contributed by atoms with Crippen molar-refractivity contribution in [3.05, 3.63) is 68.9 Å². The van der Waals surface area contributed by atoms with Crippen molar-refractivity contribution in [2.45, 2.75) is 5.51 Å². The van der Waals surface area contributed by atoms with E-state index in [1.807, 2.05) is 0 Å². The van der Waals surface area contributed by atoms with Gasteiger partial charge in [-0.1, -0.05) is 44.0 Å². The van der Waals surface area contributed by atoms with E-state index in [9.17, 15) is 36.3 Å². The van der Waals surface area contributed by atoms with Crippen LogP contribution >= 0.6 is 31.9 Å². The smallest absolute Gasteiger partial charge is 0.505 e. The predicted molar refractivity (Wildman–Crippen MR) is 139 cm³/mol. The normalized spacial score (nSPS) is 11.5. The molecule has 4 rings (SSSR count). The Balaban J connectivity index is 0.000000230. The van der Waals surface area contributed by atoms with Gasteiger partial charge in [-0.25, -0.2) is 9.59 Å². The van der Waals surface area contributed by atoms with Crippen LogP contribution in [0.3, 0.4) is 0 Å². The Morgan fingerprint density at radius 3 is 1.85 bits per heavy atom. The van der Waals surface area contributed by atoms with Crippen LogP contribution in [0.25, 0.3) is 21.8 Å². The molecule has 4 aromatic rings. The van der Waals surface area contributed by atoms with Gasteiger partial charge in [-0.15, -0.1) is 0 Å². The highest BCUT2D eigenvalue weighted by atomic mass is 79.9. The molecule has 0 amide bonds. The van der Waals surface area contributed by atoms with Gasteiger partial charge in [0, 0.05) is 32.1 Å². The Kier molecular flexibility index (Phi) is 9.02. The molecular weight excluding hydrogens is 681 g/mol. The van der Waals surface area contributed by atoms with Crippen molar-refractivity contribution in [2.24, 2.45) is 0 Å². The van der Waals surface area contributed by atoms with Gasteiger partial charge in [0.15, 0.2) is 11.5 Å². The first-order chi connectivity index (χ1) is 18.2. The van der Waals surface area contributed by atoms with E-state index in [1.54, 1.807) is 18.3 Å². The van der Waals surface area contributed by atoms with Crippen LogP contribution in [0.4, 0.5) is 13.2 Å². The molecule has 0 aliphatic rings. The summed E-state index contributed by atoms with van der Waals surface area (Å²) in [6, 6.07) is 9.10. The topological polar surface area (TPSA) is 142 Å². The van der Waals surface area contributed by atoms with Crippen molar-refractivity contribution in [3.8, 4) is 11.5 Å². The second kappa shape index (κ2) is 11.7. The average Bonchev–Trinajstić information content (AvgIpc) is 2.91. The van der Waals surface area contributed by atoms with Crippen molar-refractivity contribution in [3.63, 3.8) is 0 Å². The van der Waals surface area contributed by atoms with Crippen LogP contribution in [0.1, 0.15) is 20.7 Å². The molecule has 0 saturated heterocycles. The van der Waals surface area contributed by atoms with E-state index in [0.29, 0.717) is 14.5 Å². The van der Waals surface area contributed by atoms with E-state index in [1.165, 1.54) is 31.5 Å². The first kappa shape index (κ1) is 30.0. The number of hydrogen-bond acceptors (Lipinski definition) is 10. The van der Waals surface area contributed by atoms with Crippen molar-refractivity contribution in [2.75, 3.05) is 14.2 Å². The van der Waals surface area contributed by atoms with Crippen molar-refractivity contribution >= 4 is 75.7 Å². The van der Waals surface area contributed by atoms with Gasteiger partial charge in [-0.3, -0.25) is 9.97 Å². The largest absolute Gasteiger partial charge is 0.534 e. The molecule has 0 unspecified atom stereocenters.